The first kappa shape index (κ1) is 11.2. The van der Waals surface area contributed by atoms with Crippen LogP contribution < -0.4 is 0 Å². The van der Waals surface area contributed by atoms with Gasteiger partial charge in [0.2, 0.25) is 0 Å². The normalized spacial score (nSPS) is 27.6. The molecule has 3 nitrogen and oxygen atoms in total. The van der Waals surface area contributed by atoms with Gasteiger partial charge in [-0.1, -0.05) is 19.1 Å². The highest BCUT2D eigenvalue weighted by Crippen LogP contribution is 2.24. The van der Waals surface area contributed by atoms with Crippen LogP contribution in [0.3, 0.4) is 0 Å². The minimum atomic E-state index is -0.0817. The largest absolute Gasteiger partial charge is 0.469 e. The highest BCUT2D eigenvalue weighted by Gasteiger charge is 2.35. The highest BCUT2D eigenvalue weighted by atomic mass is 16.5. The summed E-state index contributed by atoms with van der Waals surface area (Å²) >= 11 is 0. The van der Waals surface area contributed by atoms with E-state index < -0.39 is 0 Å². The monoisotopic (exact) mass is 197 g/mol. The fourth-order valence-electron chi connectivity index (χ4n) is 2.04. The molecule has 0 saturated carbocycles. The van der Waals surface area contributed by atoms with E-state index in [1.54, 1.807) is 0 Å². The van der Waals surface area contributed by atoms with E-state index in [1.165, 1.54) is 7.11 Å². The van der Waals surface area contributed by atoms with Crippen LogP contribution in [-0.2, 0) is 9.53 Å². The van der Waals surface area contributed by atoms with E-state index in [1.807, 2.05) is 6.92 Å². The molecule has 1 fully saturated rings. The minimum absolute atomic E-state index is 0.0411. The summed E-state index contributed by atoms with van der Waals surface area (Å²) in [6.07, 6.45) is 0. The smallest absolute Gasteiger partial charge is 0.310 e. The summed E-state index contributed by atoms with van der Waals surface area (Å²) in [6, 6.07) is 0. The van der Waals surface area contributed by atoms with E-state index in [9.17, 15) is 4.79 Å². The Hall–Kier alpha value is -0.830. The molecule has 0 bridgehead atoms. The van der Waals surface area contributed by atoms with Crippen molar-refractivity contribution < 1.29 is 9.53 Å². The molecular formula is C11H19NO2. The lowest BCUT2D eigenvalue weighted by molar-refractivity contribution is -0.146. The number of methoxy groups -OCH3 is 1. The molecule has 1 saturated heterocycles. The Bertz CT molecular complexity index is 237. The van der Waals surface area contributed by atoms with Crippen LogP contribution in [0.4, 0.5) is 0 Å². The SMILES string of the molecule is C=C(C)CN1CC(C)C(C(=O)OC)C1. The van der Waals surface area contributed by atoms with E-state index in [2.05, 4.69) is 18.4 Å². The quantitative estimate of drug-likeness (QED) is 0.504. The molecule has 0 aromatic heterocycles. The first-order chi connectivity index (χ1) is 6.54. The van der Waals surface area contributed by atoms with Gasteiger partial charge in [-0.25, -0.2) is 0 Å². The summed E-state index contributed by atoms with van der Waals surface area (Å²) in [5.74, 6) is 0.350. The zero-order valence-electron chi connectivity index (χ0n) is 9.25. The third-order valence-electron chi connectivity index (χ3n) is 2.69. The van der Waals surface area contributed by atoms with Crippen molar-refractivity contribution >= 4 is 5.97 Å². The number of hydrogen-bond acceptors (Lipinski definition) is 3. The van der Waals surface area contributed by atoms with Crippen molar-refractivity contribution in [3.63, 3.8) is 0 Å². The molecule has 3 heteroatoms. The Balaban J connectivity index is 2.51. The second-order valence-corrected chi connectivity index (χ2v) is 4.26. The molecule has 0 aromatic carbocycles. The number of carbonyl (C=O) groups excluding carboxylic acids is 1. The maximum Gasteiger partial charge on any atom is 0.310 e. The van der Waals surface area contributed by atoms with Crippen molar-refractivity contribution in [1.29, 1.82) is 0 Å². The van der Waals surface area contributed by atoms with E-state index >= 15 is 0 Å². The highest BCUT2D eigenvalue weighted by molar-refractivity contribution is 5.73. The third-order valence-corrected chi connectivity index (χ3v) is 2.69. The fourth-order valence-corrected chi connectivity index (χ4v) is 2.04. The van der Waals surface area contributed by atoms with E-state index in [-0.39, 0.29) is 11.9 Å². The Labute approximate surface area is 85.7 Å². The van der Waals surface area contributed by atoms with E-state index in [0.717, 1.165) is 25.2 Å². The van der Waals surface area contributed by atoms with Gasteiger partial charge in [0, 0.05) is 19.6 Å². The van der Waals surface area contributed by atoms with Gasteiger partial charge in [-0.3, -0.25) is 9.69 Å². The molecule has 1 rings (SSSR count). The zero-order valence-corrected chi connectivity index (χ0v) is 9.25. The Morgan fingerprint density at radius 2 is 2.21 bits per heavy atom. The zero-order chi connectivity index (χ0) is 10.7. The number of esters is 1. The summed E-state index contributed by atoms with van der Waals surface area (Å²) < 4.78 is 4.77. The predicted octanol–water partition coefficient (Wildman–Crippen LogP) is 1.30. The Kier molecular flexibility index (Phi) is 3.69. The number of nitrogens with zero attached hydrogens (tertiary/aromatic N) is 1. The fraction of sp³-hybridized carbons (Fsp3) is 0.727. The molecule has 0 aromatic rings. The second-order valence-electron chi connectivity index (χ2n) is 4.26. The van der Waals surface area contributed by atoms with Crippen LogP contribution in [-0.4, -0.2) is 37.6 Å². The van der Waals surface area contributed by atoms with Crippen molar-refractivity contribution in [3.8, 4) is 0 Å². The average molecular weight is 197 g/mol. The van der Waals surface area contributed by atoms with Gasteiger partial charge in [0.1, 0.15) is 0 Å². The molecule has 1 aliphatic heterocycles. The summed E-state index contributed by atoms with van der Waals surface area (Å²) in [7, 11) is 1.45. The third kappa shape index (κ3) is 2.58. The van der Waals surface area contributed by atoms with Crippen molar-refractivity contribution in [1.82, 2.24) is 4.90 Å². The lowest BCUT2D eigenvalue weighted by Gasteiger charge is -2.14. The molecular weight excluding hydrogens is 178 g/mol. The van der Waals surface area contributed by atoms with Crippen LogP contribution in [0.15, 0.2) is 12.2 Å². The molecule has 1 heterocycles. The first-order valence-electron chi connectivity index (χ1n) is 4.99. The van der Waals surface area contributed by atoms with Gasteiger partial charge in [-0.05, 0) is 12.8 Å². The summed E-state index contributed by atoms with van der Waals surface area (Å²) in [4.78, 5) is 13.6. The van der Waals surface area contributed by atoms with Gasteiger partial charge in [0.15, 0.2) is 0 Å². The first-order valence-corrected chi connectivity index (χ1v) is 4.99. The molecule has 1 aliphatic rings. The average Bonchev–Trinajstić information content (AvgIpc) is 2.44. The lowest BCUT2D eigenvalue weighted by Crippen LogP contribution is -2.25. The standard InChI is InChI=1S/C11H19NO2/c1-8(2)5-12-6-9(3)10(7-12)11(13)14-4/h9-10H,1,5-7H2,2-4H3. The number of ether oxygens (including phenoxy) is 1. The molecule has 0 N–H and O–H groups in total. The number of rotatable bonds is 3. The maximum absolute atomic E-state index is 11.4. The Morgan fingerprint density at radius 1 is 1.57 bits per heavy atom. The van der Waals surface area contributed by atoms with Crippen LogP contribution in [0.2, 0.25) is 0 Å². The number of hydrogen-bond donors (Lipinski definition) is 0. The molecule has 2 atom stereocenters. The molecule has 2 unspecified atom stereocenters. The van der Waals surface area contributed by atoms with Crippen LogP contribution in [0, 0.1) is 11.8 Å². The maximum atomic E-state index is 11.4. The summed E-state index contributed by atoms with van der Waals surface area (Å²) in [5, 5.41) is 0. The van der Waals surface area contributed by atoms with E-state index in [4.69, 9.17) is 4.74 Å². The van der Waals surface area contributed by atoms with Crippen molar-refractivity contribution in [2.75, 3.05) is 26.7 Å². The minimum Gasteiger partial charge on any atom is -0.469 e. The van der Waals surface area contributed by atoms with Crippen molar-refractivity contribution in [2.24, 2.45) is 11.8 Å². The molecule has 0 aliphatic carbocycles. The molecule has 0 amide bonds. The molecule has 0 spiro atoms. The van der Waals surface area contributed by atoms with Crippen molar-refractivity contribution in [3.05, 3.63) is 12.2 Å². The number of likely N-dealkylation sites (tertiary alicyclic amines) is 1. The molecule has 14 heavy (non-hydrogen) atoms. The van der Waals surface area contributed by atoms with Crippen molar-refractivity contribution in [2.45, 2.75) is 13.8 Å². The van der Waals surface area contributed by atoms with Crippen LogP contribution in [0.1, 0.15) is 13.8 Å². The van der Waals surface area contributed by atoms with Gasteiger partial charge in [0.25, 0.3) is 0 Å². The second kappa shape index (κ2) is 4.60. The molecule has 80 valence electrons. The van der Waals surface area contributed by atoms with Gasteiger partial charge in [-0.15, -0.1) is 0 Å². The van der Waals surface area contributed by atoms with Crippen LogP contribution in [0.25, 0.3) is 0 Å². The van der Waals surface area contributed by atoms with Gasteiger partial charge >= 0.3 is 5.97 Å². The molecule has 0 radical (unpaired) electrons. The van der Waals surface area contributed by atoms with Crippen LogP contribution in [0.5, 0.6) is 0 Å². The van der Waals surface area contributed by atoms with Crippen LogP contribution >= 0.6 is 0 Å². The van der Waals surface area contributed by atoms with Gasteiger partial charge in [-0.2, -0.15) is 0 Å². The lowest BCUT2D eigenvalue weighted by atomic mass is 9.99. The summed E-state index contributed by atoms with van der Waals surface area (Å²) in [6.45, 7) is 10.6. The van der Waals surface area contributed by atoms with Gasteiger partial charge in [0.05, 0.1) is 13.0 Å². The summed E-state index contributed by atoms with van der Waals surface area (Å²) in [5.41, 5.74) is 1.14. The topological polar surface area (TPSA) is 29.5 Å². The van der Waals surface area contributed by atoms with E-state index in [0.29, 0.717) is 5.92 Å². The van der Waals surface area contributed by atoms with Gasteiger partial charge < -0.3 is 4.74 Å². The number of carbonyl (C=O) groups is 1. The Morgan fingerprint density at radius 3 is 2.71 bits per heavy atom. The predicted molar refractivity (Wildman–Crippen MR) is 55.9 cm³/mol.